The minimum Gasteiger partial charge on any atom is -0.508 e. The molecule has 18 heavy (non-hydrogen) atoms. The van der Waals surface area contributed by atoms with Crippen LogP contribution in [0, 0.1) is 6.92 Å². The van der Waals surface area contributed by atoms with E-state index >= 15 is 0 Å². The Morgan fingerprint density at radius 1 is 1.11 bits per heavy atom. The largest absolute Gasteiger partial charge is 0.508 e. The zero-order valence-electron chi connectivity index (χ0n) is 10.1. The van der Waals surface area contributed by atoms with Crippen molar-refractivity contribution in [2.45, 2.75) is 13.3 Å². The highest BCUT2D eigenvalue weighted by molar-refractivity contribution is 5.90. The van der Waals surface area contributed by atoms with E-state index in [-0.39, 0.29) is 11.3 Å². The third kappa shape index (κ3) is 2.35. The summed E-state index contributed by atoms with van der Waals surface area (Å²) in [6.45, 7) is 1.72. The van der Waals surface area contributed by atoms with Crippen molar-refractivity contribution < 1.29 is 15.0 Å². The number of carboxylic acid groups (broad SMARTS) is 1. The molecule has 0 spiro atoms. The molecule has 0 saturated heterocycles. The molecule has 0 aliphatic carbocycles. The zero-order valence-corrected chi connectivity index (χ0v) is 10.1. The van der Waals surface area contributed by atoms with Gasteiger partial charge in [-0.1, -0.05) is 30.3 Å². The van der Waals surface area contributed by atoms with Gasteiger partial charge in [0.15, 0.2) is 0 Å². The highest BCUT2D eigenvalue weighted by Crippen LogP contribution is 2.26. The maximum absolute atomic E-state index is 11.1. The molecule has 0 heterocycles. The Morgan fingerprint density at radius 2 is 1.78 bits per heavy atom. The monoisotopic (exact) mass is 242 g/mol. The number of phenolic OH excluding ortho intramolecular Hbond substituents is 1. The van der Waals surface area contributed by atoms with Crippen LogP contribution in [0.1, 0.15) is 27.0 Å². The molecule has 0 radical (unpaired) electrons. The van der Waals surface area contributed by atoms with Crippen molar-refractivity contribution in [3.05, 3.63) is 64.7 Å². The first-order chi connectivity index (χ1) is 8.59. The zero-order chi connectivity index (χ0) is 13.1. The number of hydrogen-bond acceptors (Lipinski definition) is 2. The van der Waals surface area contributed by atoms with Crippen molar-refractivity contribution >= 4 is 5.97 Å². The summed E-state index contributed by atoms with van der Waals surface area (Å²) < 4.78 is 0. The van der Waals surface area contributed by atoms with Gasteiger partial charge in [0.05, 0.1) is 5.56 Å². The van der Waals surface area contributed by atoms with Gasteiger partial charge in [0.25, 0.3) is 0 Å². The molecule has 2 aromatic rings. The Labute approximate surface area is 105 Å². The molecule has 0 unspecified atom stereocenters. The molecule has 0 saturated carbocycles. The van der Waals surface area contributed by atoms with E-state index in [9.17, 15) is 9.90 Å². The lowest BCUT2D eigenvalue weighted by Gasteiger charge is -2.11. The van der Waals surface area contributed by atoms with Gasteiger partial charge >= 0.3 is 5.97 Å². The number of hydrogen-bond donors (Lipinski definition) is 2. The highest BCUT2D eigenvalue weighted by atomic mass is 16.4. The molecule has 0 amide bonds. The van der Waals surface area contributed by atoms with Crippen molar-refractivity contribution in [2.24, 2.45) is 0 Å². The summed E-state index contributed by atoms with van der Waals surface area (Å²) in [4.78, 5) is 11.1. The predicted octanol–water partition coefficient (Wildman–Crippen LogP) is 2.99. The first-order valence-electron chi connectivity index (χ1n) is 5.68. The lowest BCUT2D eigenvalue weighted by Crippen LogP contribution is -2.03. The third-order valence-electron chi connectivity index (χ3n) is 3.03. The van der Waals surface area contributed by atoms with Crippen molar-refractivity contribution in [3.8, 4) is 5.75 Å². The number of carbonyl (C=O) groups is 1. The van der Waals surface area contributed by atoms with Crippen LogP contribution in [0.2, 0.25) is 0 Å². The molecule has 0 aliphatic rings. The van der Waals surface area contributed by atoms with E-state index in [1.165, 1.54) is 12.1 Å². The Hall–Kier alpha value is -2.29. The predicted molar refractivity (Wildman–Crippen MR) is 69.1 cm³/mol. The van der Waals surface area contributed by atoms with Gasteiger partial charge in [0.2, 0.25) is 0 Å². The van der Waals surface area contributed by atoms with Crippen LogP contribution in [-0.2, 0) is 6.42 Å². The van der Waals surface area contributed by atoms with E-state index < -0.39 is 5.97 Å². The van der Waals surface area contributed by atoms with Crippen LogP contribution < -0.4 is 0 Å². The van der Waals surface area contributed by atoms with Gasteiger partial charge in [0.1, 0.15) is 5.75 Å². The van der Waals surface area contributed by atoms with Gasteiger partial charge in [0, 0.05) is 12.0 Å². The van der Waals surface area contributed by atoms with Crippen molar-refractivity contribution in [1.82, 2.24) is 0 Å². The Morgan fingerprint density at radius 3 is 2.39 bits per heavy atom. The minimum absolute atomic E-state index is 0.140. The molecule has 0 aromatic heterocycles. The average Bonchev–Trinajstić information content (AvgIpc) is 2.35. The van der Waals surface area contributed by atoms with Crippen molar-refractivity contribution in [3.63, 3.8) is 0 Å². The maximum atomic E-state index is 11.1. The number of aromatic carboxylic acids is 1. The van der Waals surface area contributed by atoms with E-state index in [2.05, 4.69) is 0 Å². The fraction of sp³-hybridized carbons (Fsp3) is 0.133. The van der Waals surface area contributed by atoms with Crippen molar-refractivity contribution in [1.29, 1.82) is 0 Å². The molecule has 2 rings (SSSR count). The first kappa shape index (κ1) is 12.2. The third-order valence-corrected chi connectivity index (χ3v) is 3.03. The summed E-state index contributed by atoms with van der Waals surface area (Å²) in [6, 6.07) is 12.5. The summed E-state index contributed by atoms with van der Waals surface area (Å²) in [7, 11) is 0. The number of aromatic hydroxyl groups is 1. The second-order valence-electron chi connectivity index (χ2n) is 4.20. The van der Waals surface area contributed by atoms with E-state index in [0.29, 0.717) is 17.5 Å². The fourth-order valence-electron chi connectivity index (χ4n) is 2.00. The smallest absolute Gasteiger partial charge is 0.335 e. The molecule has 0 atom stereocenters. The minimum atomic E-state index is -0.971. The van der Waals surface area contributed by atoms with E-state index in [1.54, 1.807) is 6.92 Å². The molecular weight excluding hydrogens is 228 g/mol. The van der Waals surface area contributed by atoms with Crippen molar-refractivity contribution in [2.75, 3.05) is 0 Å². The van der Waals surface area contributed by atoms with Crippen LogP contribution in [0.3, 0.4) is 0 Å². The molecule has 0 fully saturated rings. The molecule has 3 nitrogen and oxygen atoms in total. The molecule has 0 aliphatic heterocycles. The Kier molecular flexibility index (Phi) is 3.33. The summed E-state index contributed by atoms with van der Waals surface area (Å²) >= 11 is 0. The second kappa shape index (κ2) is 4.92. The normalized spacial score (nSPS) is 10.3. The Balaban J connectivity index is 2.44. The van der Waals surface area contributed by atoms with E-state index in [4.69, 9.17) is 5.11 Å². The quantitative estimate of drug-likeness (QED) is 0.869. The molecule has 0 bridgehead atoms. The van der Waals surface area contributed by atoms with Gasteiger partial charge in [-0.15, -0.1) is 0 Å². The maximum Gasteiger partial charge on any atom is 0.335 e. The van der Waals surface area contributed by atoms with Crippen LogP contribution >= 0.6 is 0 Å². The SMILES string of the molecule is Cc1c(C(=O)O)ccc(O)c1Cc1ccccc1. The van der Waals surface area contributed by atoms with Gasteiger partial charge in [-0.2, -0.15) is 0 Å². The van der Waals surface area contributed by atoms with Crippen LogP contribution in [-0.4, -0.2) is 16.2 Å². The fourth-order valence-corrected chi connectivity index (χ4v) is 2.00. The summed E-state index contributed by atoms with van der Waals surface area (Å²) in [6.07, 6.45) is 0.527. The standard InChI is InChI=1S/C15H14O3/c1-10-12(15(17)18)7-8-14(16)13(10)9-11-5-3-2-4-6-11/h2-8,16H,9H2,1H3,(H,17,18). The second-order valence-corrected chi connectivity index (χ2v) is 4.20. The van der Waals surface area contributed by atoms with Gasteiger partial charge < -0.3 is 10.2 Å². The molecular formula is C15H14O3. The molecule has 92 valence electrons. The van der Waals surface area contributed by atoms with E-state index in [0.717, 1.165) is 5.56 Å². The summed E-state index contributed by atoms with van der Waals surface area (Å²) in [5, 5.41) is 18.9. The topological polar surface area (TPSA) is 57.5 Å². The number of rotatable bonds is 3. The van der Waals surface area contributed by atoms with Crippen LogP contribution in [0.25, 0.3) is 0 Å². The lowest BCUT2D eigenvalue weighted by molar-refractivity contribution is 0.0696. The van der Waals surface area contributed by atoms with Crippen LogP contribution in [0.5, 0.6) is 5.75 Å². The molecule has 3 heteroatoms. The molecule has 2 aromatic carbocycles. The summed E-state index contributed by atoms with van der Waals surface area (Å²) in [5.41, 5.74) is 2.56. The average molecular weight is 242 g/mol. The van der Waals surface area contributed by atoms with Gasteiger partial charge in [-0.3, -0.25) is 0 Å². The molecule has 2 N–H and O–H groups in total. The lowest BCUT2D eigenvalue weighted by atomic mass is 9.96. The van der Waals surface area contributed by atoms with E-state index in [1.807, 2.05) is 30.3 Å². The van der Waals surface area contributed by atoms with Gasteiger partial charge in [-0.25, -0.2) is 4.79 Å². The number of carboxylic acids is 1. The highest BCUT2D eigenvalue weighted by Gasteiger charge is 2.14. The van der Waals surface area contributed by atoms with Crippen LogP contribution in [0.15, 0.2) is 42.5 Å². The van der Waals surface area contributed by atoms with Gasteiger partial charge in [-0.05, 0) is 30.2 Å². The van der Waals surface area contributed by atoms with Crippen LogP contribution in [0.4, 0.5) is 0 Å². The summed E-state index contributed by atoms with van der Waals surface area (Å²) in [5.74, 6) is -0.830. The number of phenols is 1. The Bertz CT molecular complexity index is 574. The first-order valence-corrected chi connectivity index (χ1v) is 5.68. The number of benzene rings is 2.